The quantitative estimate of drug-likeness (QED) is 0.914. The number of carboxylic acids is 1. The number of nitrogens with zero attached hydrogens (tertiary/aromatic N) is 3. The molecule has 2 aromatic heterocycles. The first-order chi connectivity index (χ1) is 10.2. The Morgan fingerprint density at radius 2 is 2.33 bits per heavy atom. The Morgan fingerprint density at radius 3 is 3.10 bits per heavy atom. The second-order valence-electron chi connectivity index (χ2n) is 5.15. The zero-order chi connectivity index (χ0) is 14.7. The van der Waals surface area contributed by atoms with Gasteiger partial charge < -0.3 is 5.11 Å². The lowest BCUT2D eigenvalue weighted by Crippen LogP contribution is -2.31. The molecule has 0 bridgehead atoms. The van der Waals surface area contributed by atoms with Crippen molar-refractivity contribution in [1.29, 1.82) is 0 Å². The Hall–Kier alpha value is -1.79. The highest BCUT2D eigenvalue weighted by molar-refractivity contribution is 7.11. The van der Waals surface area contributed by atoms with Crippen LogP contribution in [0.2, 0.25) is 0 Å². The third-order valence-corrected chi connectivity index (χ3v) is 4.64. The van der Waals surface area contributed by atoms with Gasteiger partial charge in [-0.25, -0.2) is 4.98 Å². The average Bonchev–Trinajstić information content (AvgIpc) is 2.87. The van der Waals surface area contributed by atoms with Crippen LogP contribution in [0, 0.1) is 0 Å². The summed E-state index contributed by atoms with van der Waals surface area (Å²) in [5.41, 5.74) is 2.21. The van der Waals surface area contributed by atoms with E-state index in [0.717, 1.165) is 36.6 Å². The van der Waals surface area contributed by atoms with E-state index in [0.29, 0.717) is 6.54 Å². The van der Waals surface area contributed by atoms with Crippen LogP contribution in [0.5, 0.6) is 0 Å². The molecule has 1 N–H and O–H groups in total. The Bertz CT molecular complexity index is 627. The van der Waals surface area contributed by atoms with Crippen molar-refractivity contribution in [3.8, 4) is 0 Å². The van der Waals surface area contributed by atoms with Crippen molar-refractivity contribution < 1.29 is 9.90 Å². The highest BCUT2D eigenvalue weighted by Gasteiger charge is 2.21. The fourth-order valence-corrected chi connectivity index (χ4v) is 3.65. The van der Waals surface area contributed by atoms with Crippen LogP contribution in [-0.2, 0) is 24.2 Å². The number of hydrogen-bond acceptors (Lipinski definition) is 5. The molecule has 1 aliphatic rings. The molecule has 0 aromatic carbocycles. The molecule has 0 atom stereocenters. The Balaban J connectivity index is 1.65. The summed E-state index contributed by atoms with van der Waals surface area (Å²) in [5.74, 6) is -0.735. The minimum Gasteiger partial charge on any atom is -0.481 e. The first-order valence-corrected chi connectivity index (χ1v) is 7.84. The molecular formula is C15H17N3O2S. The number of aliphatic carboxylic acids is 1. The number of carboxylic acid groups (broad SMARTS) is 1. The van der Waals surface area contributed by atoms with Crippen molar-refractivity contribution in [3.05, 3.63) is 45.7 Å². The maximum atomic E-state index is 10.7. The van der Waals surface area contributed by atoms with Gasteiger partial charge in [-0.05, 0) is 12.1 Å². The number of hydrogen-bond donors (Lipinski definition) is 1. The van der Waals surface area contributed by atoms with Crippen molar-refractivity contribution in [2.24, 2.45) is 0 Å². The van der Waals surface area contributed by atoms with Crippen LogP contribution in [0.3, 0.4) is 0 Å². The minimum atomic E-state index is -0.735. The normalized spacial score (nSPS) is 14.9. The molecule has 0 unspecified atom stereocenters. The van der Waals surface area contributed by atoms with Crippen LogP contribution >= 0.6 is 11.3 Å². The van der Waals surface area contributed by atoms with Gasteiger partial charge in [-0.15, -0.1) is 11.3 Å². The van der Waals surface area contributed by atoms with Crippen molar-refractivity contribution in [3.63, 3.8) is 0 Å². The minimum absolute atomic E-state index is 0.203. The fourth-order valence-electron chi connectivity index (χ4n) is 2.48. The number of aromatic nitrogens is 2. The molecule has 21 heavy (non-hydrogen) atoms. The van der Waals surface area contributed by atoms with Crippen LogP contribution in [0.25, 0.3) is 0 Å². The summed E-state index contributed by atoms with van der Waals surface area (Å²) in [6.07, 6.45) is 3.69. The van der Waals surface area contributed by atoms with Gasteiger partial charge in [0.2, 0.25) is 0 Å². The van der Waals surface area contributed by atoms with Gasteiger partial charge >= 0.3 is 5.97 Å². The number of pyridine rings is 1. The first-order valence-electron chi connectivity index (χ1n) is 7.02. The van der Waals surface area contributed by atoms with Crippen molar-refractivity contribution >= 4 is 17.3 Å². The van der Waals surface area contributed by atoms with Gasteiger partial charge in [0, 0.05) is 49.2 Å². The molecule has 0 aliphatic carbocycles. The summed E-state index contributed by atoms with van der Waals surface area (Å²) in [7, 11) is 0. The molecule has 3 heterocycles. The standard InChI is InChI=1S/C15H17N3O2S/c19-15(20)5-8-18-7-4-12-13(10-18)21-14(17-12)9-11-3-1-2-6-16-11/h1-3,6H,4-5,7-10H2,(H,19,20). The van der Waals surface area contributed by atoms with E-state index < -0.39 is 5.97 Å². The zero-order valence-corrected chi connectivity index (χ0v) is 12.5. The topological polar surface area (TPSA) is 66.3 Å². The summed E-state index contributed by atoms with van der Waals surface area (Å²) in [6, 6.07) is 5.92. The number of carbonyl (C=O) groups is 1. The number of fused-ring (bicyclic) bond motifs is 1. The van der Waals surface area contributed by atoms with E-state index in [2.05, 4.69) is 9.88 Å². The van der Waals surface area contributed by atoms with Gasteiger partial charge in [0.05, 0.1) is 17.1 Å². The fraction of sp³-hybridized carbons (Fsp3) is 0.400. The molecule has 1 aliphatic heterocycles. The van der Waals surface area contributed by atoms with Crippen LogP contribution in [0.4, 0.5) is 0 Å². The van der Waals surface area contributed by atoms with Crippen molar-refractivity contribution in [2.45, 2.75) is 25.8 Å². The van der Waals surface area contributed by atoms with Gasteiger partial charge in [0.15, 0.2) is 0 Å². The average molecular weight is 303 g/mol. The lowest BCUT2D eigenvalue weighted by molar-refractivity contribution is -0.137. The van der Waals surface area contributed by atoms with Gasteiger partial charge in [-0.1, -0.05) is 6.07 Å². The van der Waals surface area contributed by atoms with E-state index in [1.807, 2.05) is 18.2 Å². The van der Waals surface area contributed by atoms with E-state index in [-0.39, 0.29) is 6.42 Å². The maximum Gasteiger partial charge on any atom is 0.304 e. The SMILES string of the molecule is O=C(O)CCN1CCc2nc(Cc3ccccn3)sc2C1. The maximum absolute atomic E-state index is 10.7. The lowest BCUT2D eigenvalue weighted by Gasteiger charge is -2.24. The third kappa shape index (κ3) is 3.65. The van der Waals surface area contributed by atoms with E-state index in [1.54, 1.807) is 17.5 Å². The molecule has 110 valence electrons. The molecule has 0 saturated heterocycles. The van der Waals surface area contributed by atoms with E-state index in [1.165, 1.54) is 10.6 Å². The molecule has 5 nitrogen and oxygen atoms in total. The van der Waals surface area contributed by atoms with Crippen LogP contribution in [0.15, 0.2) is 24.4 Å². The molecule has 0 spiro atoms. The van der Waals surface area contributed by atoms with E-state index in [4.69, 9.17) is 10.1 Å². The predicted molar refractivity (Wildman–Crippen MR) is 80.4 cm³/mol. The first kappa shape index (κ1) is 14.2. The number of rotatable bonds is 5. The van der Waals surface area contributed by atoms with E-state index in [9.17, 15) is 4.79 Å². The Morgan fingerprint density at radius 1 is 1.43 bits per heavy atom. The zero-order valence-electron chi connectivity index (χ0n) is 11.7. The van der Waals surface area contributed by atoms with Gasteiger partial charge in [-0.2, -0.15) is 0 Å². The number of thiazole rings is 1. The van der Waals surface area contributed by atoms with Crippen LogP contribution in [-0.4, -0.2) is 39.0 Å². The lowest BCUT2D eigenvalue weighted by atomic mass is 10.1. The summed E-state index contributed by atoms with van der Waals surface area (Å²) < 4.78 is 0. The summed E-state index contributed by atoms with van der Waals surface area (Å²) in [4.78, 5) is 23.2. The van der Waals surface area contributed by atoms with Gasteiger partial charge in [0.25, 0.3) is 0 Å². The van der Waals surface area contributed by atoms with Crippen LogP contribution in [0.1, 0.15) is 27.7 Å². The molecule has 0 radical (unpaired) electrons. The molecule has 3 rings (SSSR count). The largest absolute Gasteiger partial charge is 0.481 e. The molecule has 0 fully saturated rings. The summed E-state index contributed by atoms with van der Waals surface area (Å²) in [5, 5.41) is 9.86. The second-order valence-corrected chi connectivity index (χ2v) is 6.31. The Kier molecular flexibility index (Phi) is 4.26. The second kappa shape index (κ2) is 6.32. The molecule has 2 aromatic rings. The van der Waals surface area contributed by atoms with Crippen molar-refractivity contribution in [1.82, 2.24) is 14.9 Å². The van der Waals surface area contributed by atoms with Crippen LogP contribution < -0.4 is 0 Å². The summed E-state index contributed by atoms with van der Waals surface area (Å²) >= 11 is 1.73. The molecule has 6 heteroatoms. The smallest absolute Gasteiger partial charge is 0.304 e. The van der Waals surface area contributed by atoms with Crippen molar-refractivity contribution in [2.75, 3.05) is 13.1 Å². The monoisotopic (exact) mass is 303 g/mol. The van der Waals surface area contributed by atoms with Gasteiger partial charge in [-0.3, -0.25) is 14.7 Å². The summed E-state index contributed by atoms with van der Waals surface area (Å²) in [6.45, 7) is 2.33. The molecule has 0 saturated carbocycles. The van der Waals surface area contributed by atoms with Gasteiger partial charge in [0.1, 0.15) is 0 Å². The molecule has 0 amide bonds. The Labute approximate surface area is 127 Å². The van der Waals surface area contributed by atoms with E-state index >= 15 is 0 Å². The molecular weight excluding hydrogens is 286 g/mol. The highest BCUT2D eigenvalue weighted by atomic mass is 32.1. The predicted octanol–water partition coefficient (Wildman–Crippen LogP) is 1.96. The highest BCUT2D eigenvalue weighted by Crippen LogP contribution is 2.26. The third-order valence-electron chi connectivity index (χ3n) is 3.55.